The molecular weight excluding hydrogens is 186 g/mol. The third kappa shape index (κ3) is 1.73. The Morgan fingerprint density at radius 2 is 1.92 bits per heavy atom. The van der Waals surface area contributed by atoms with Crippen LogP contribution in [0.1, 0.15) is 5.69 Å². The molecular formula is C10H10ClNO. The molecule has 0 unspecified atom stereocenters. The van der Waals surface area contributed by atoms with E-state index in [0.717, 1.165) is 16.5 Å². The highest BCUT2D eigenvalue weighted by atomic mass is 35.5. The number of pyridine rings is 1. The van der Waals surface area contributed by atoms with Crippen molar-refractivity contribution in [2.24, 2.45) is 0 Å². The average Bonchev–Trinajstić information content (AvgIpc) is 2.04. The van der Waals surface area contributed by atoms with Gasteiger partial charge >= 0.3 is 0 Å². The van der Waals surface area contributed by atoms with Crippen LogP contribution in [0.4, 0.5) is 0 Å². The SMILES string of the molecule is Cc1[nH]c(=O)cc2ccccc12.Cl. The fraction of sp³-hybridized carbons (Fsp3) is 0.100. The number of aryl methyl sites for hydroxylation is 1. The van der Waals surface area contributed by atoms with Crippen LogP contribution in [0.5, 0.6) is 0 Å². The highest BCUT2D eigenvalue weighted by Gasteiger charge is 1.96. The predicted octanol–water partition coefficient (Wildman–Crippen LogP) is 2.26. The Bertz CT molecular complexity index is 476. The topological polar surface area (TPSA) is 32.9 Å². The molecule has 0 bridgehead atoms. The summed E-state index contributed by atoms with van der Waals surface area (Å²) in [5.74, 6) is 0. The summed E-state index contributed by atoms with van der Waals surface area (Å²) >= 11 is 0. The van der Waals surface area contributed by atoms with Gasteiger partial charge in [0.15, 0.2) is 0 Å². The lowest BCUT2D eigenvalue weighted by atomic mass is 10.1. The number of aromatic amines is 1. The first kappa shape index (κ1) is 9.81. The van der Waals surface area contributed by atoms with Crippen molar-refractivity contribution in [1.29, 1.82) is 0 Å². The van der Waals surface area contributed by atoms with Crippen LogP contribution in [0.15, 0.2) is 35.1 Å². The second kappa shape index (κ2) is 3.62. The minimum absolute atomic E-state index is 0. The number of benzene rings is 1. The van der Waals surface area contributed by atoms with Crippen molar-refractivity contribution < 1.29 is 0 Å². The van der Waals surface area contributed by atoms with Crippen LogP contribution in [0.25, 0.3) is 10.8 Å². The summed E-state index contributed by atoms with van der Waals surface area (Å²) in [6.45, 7) is 1.91. The normalized spacial score (nSPS) is 9.62. The van der Waals surface area contributed by atoms with Crippen molar-refractivity contribution >= 4 is 23.2 Å². The minimum atomic E-state index is -0.0359. The number of fused-ring (bicyclic) bond motifs is 1. The van der Waals surface area contributed by atoms with Gasteiger partial charge in [0.1, 0.15) is 0 Å². The van der Waals surface area contributed by atoms with Crippen LogP contribution in [-0.4, -0.2) is 4.98 Å². The van der Waals surface area contributed by atoms with E-state index < -0.39 is 0 Å². The van der Waals surface area contributed by atoms with Gasteiger partial charge in [0.2, 0.25) is 5.56 Å². The van der Waals surface area contributed by atoms with Crippen LogP contribution < -0.4 is 5.56 Å². The van der Waals surface area contributed by atoms with Crippen molar-refractivity contribution in [1.82, 2.24) is 4.98 Å². The zero-order chi connectivity index (χ0) is 8.55. The van der Waals surface area contributed by atoms with E-state index >= 15 is 0 Å². The molecule has 1 aromatic heterocycles. The molecule has 0 aliphatic carbocycles. The van der Waals surface area contributed by atoms with E-state index in [1.54, 1.807) is 6.07 Å². The molecule has 0 saturated heterocycles. The first-order chi connectivity index (χ1) is 5.77. The maximum absolute atomic E-state index is 11.0. The first-order valence-corrected chi connectivity index (χ1v) is 3.86. The number of hydrogen-bond donors (Lipinski definition) is 1. The molecule has 0 aliphatic heterocycles. The smallest absolute Gasteiger partial charge is 0.248 e. The zero-order valence-electron chi connectivity index (χ0n) is 7.20. The Morgan fingerprint density at radius 1 is 1.23 bits per heavy atom. The Hall–Kier alpha value is -1.28. The van der Waals surface area contributed by atoms with Crippen molar-refractivity contribution in [3.63, 3.8) is 0 Å². The van der Waals surface area contributed by atoms with E-state index in [9.17, 15) is 4.79 Å². The standard InChI is InChI=1S/C10H9NO.ClH/c1-7-9-5-3-2-4-8(9)6-10(12)11-7;/h2-6H,1H3,(H,11,12);1H. The fourth-order valence-corrected chi connectivity index (χ4v) is 1.39. The molecule has 0 atom stereocenters. The van der Waals surface area contributed by atoms with E-state index in [-0.39, 0.29) is 18.0 Å². The Labute approximate surface area is 82.0 Å². The fourth-order valence-electron chi connectivity index (χ4n) is 1.39. The van der Waals surface area contributed by atoms with Crippen LogP contribution in [-0.2, 0) is 0 Å². The van der Waals surface area contributed by atoms with Crippen molar-refractivity contribution in [2.45, 2.75) is 6.92 Å². The van der Waals surface area contributed by atoms with E-state index in [2.05, 4.69) is 4.98 Å². The van der Waals surface area contributed by atoms with Crippen LogP contribution >= 0.6 is 12.4 Å². The molecule has 2 nitrogen and oxygen atoms in total. The number of hydrogen-bond acceptors (Lipinski definition) is 1. The van der Waals surface area contributed by atoms with Crippen molar-refractivity contribution in [3.05, 3.63) is 46.4 Å². The lowest BCUT2D eigenvalue weighted by molar-refractivity contribution is 1.17. The molecule has 2 rings (SSSR count). The molecule has 68 valence electrons. The molecule has 0 aliphatic rings. The van der Waals surface area contributed by atoms with Crippen molar-refractivity contribution in [2.75, 3.05) is 0 Å². The molecule has 0 saturated carbocycles. The van der Waals surface area contributed by atoms with Gasteiger partial charge in [-0.1, -0.05) is 24.3 Å². The lowest BCUT2D eigenvalue weighted by Crippen LogP contribution is -2.04. The number of nitrogens with one attached hydrogen (secondary N) is 1. The molecule has 3 heteroatoms. The molecule has 0 fully saturated rings. The summed E-state index contributed by atoms with van der Waals surface area (Å²) in [5.41, 5.74) is 0.893. The van der Waals surface area contributed by atoms with Crippen LogP contribution in [0.2, 0.25) is 0 Å². The van der Waals surface area contributed by atoms with E-state index in [0.29, 0.717) is 0 Å². The Morgan fingerprint density at radius 3 is 2.69 bits per heavy atom. The van der Waals surface area contributed by atoms with E-state index in [4.69, 9.17) is 0 Å². The summed E-state index contributed by atoms with van der Waals surface area (Å²) in [7, 11) is 0. The molecule has 1 heterocycles. The minimum Gasteiger partial charge on any atom is -0.326 e. The highest BCUT2D eigenvalue weighted by Crippen LogP contribution is 2.12. The van der Waals surface area contributed by atoms with Gasteiger partial charge in [-0.2, -0.15) is 0 Å². The Kier molecular flexibility index (Phi) is 2.73. The van der Waals surface area contributed by atoms with Gasteiger partial charge in [0.05, 0.1) is 0 Å². The molecule has 1 aromatic carbocycles. The molecule has 2 aromatic rings. The highest BCUT2D eigenvalue weighted by molar-refractivity contribution is 5.85. The van der Waals surface area contributed by atoms with Gasteiger partial charge in [0, 0.05) is 17.1 Å². The monoisotopic (exact) mass is 195 g/mol. The van der Waals surface area contributed by atoms with E-state index in [1.807, 2.05) is 31.2 Å². The molecule has 13 heavy (non-hydrogen) atoms. The Balaban J connectivity index is 0.000000845. The second-order valence-electron chi connectivity index (χ2n) is 2.85. The van der Waals surface area contributed by atoms with Gasteiger partial charge in [-0.3, -0.25) is 4.79 Å². The number of halogens is 1. The van der Waals surface area contributed by atoms with E-state index in [1.165, 1.54) is 0 Å². The van der Waals surface area contributed by atoms with Crippen molar-refractivity contribution in [3.8, 4) is 0 Å². The third-order valence-electron chi connectivity index (χ3n) is 1.96. The first-order valence-electron chi connectivity index (χ1n) is 3.86. The summed E-state index contributed by atoms with van der Waals surface area (Å²) in [4.78, 5) is 13.8. The predicted molar refractivity (Wildman–Crippen MR) is 56.6 cm³/mol. The average molecular weight is 196 g/mol. The molecule has 1 N–H and O–H groups in total. The maximum Gasteiger partial charge on any atom is 0.248 e. The number of aromatic nitrogens is 1. The molecule has 0 radical (unpaired) electrons. The molecule has 0 amide bonds. The molecule has 0 spiro atoms. The van der Waals surface area contributed by atoms with Gasteiger partial charge in [-0.05, 0) is 12.3 Å². The summed E-state index contributed by atoms with van der Waals surface area (Å²) < 4.78 is 0. The summed E-state index contributed by atoms with van der Waals surface area (Å²) in [6.07, 6.45) is 0. The largest absolute Gasteiger partial charge is 0.326 e. The van der Waals surface area contributed by atoms with Crippen LogP contribution in [0.3, 0.4) is 0 Å². The second-order valence-corrected chi connectivity index (χ2v) is 2.85. The maximum atomic E-state index is 11.0. The zero-order valence-corrected chi connectivity index (χ0v) is 8.02. The lowest BCUT2D eigenvalue weighted by Gasteiger charge is -1.99. The summed E-state index contributed by atoms with van der Waals surface area (Å²) in [5, 5.41) is 2.11. The summed E-state index contributed by atoms with van der Waals surface area (Å²) in [6, 6.07) is 9.45. The van der Waals surface area contributed by atoms with Gasteiger partial charge in [-0.25, -0.2) is 0 Å². The van der Waals surface area contributed by atoms with Crippen LogP contribution in [0, 0.1) is 6.92 Å². The quantitative estimate of drug-likeness (QED) is 0.687. The van der Waals surface area contributed by atoms with Gasteiger partial charge in [0.25, 0.3) is 0 Å². The third-order valence-corrected chi connectivity index (χ3v) is 1.96. The number of H-pyrrole nitrogens is 1. The van der Waals surface area contributed by atoms with Gasteiger partial charge in [-0.15, -0.1) is 12.4 Å². The number of rotatable bonds is 0. The van der Waals surface area contributed by atoms with Gasteiger partial charge < -0.3 is 4.98 Å².